The average Bonchev–Trinajstić information content (AvgIpc) is 3.33. The van der Waals surface area contributed by atoms with E-state index in [1.807, 2.05) is 30.2 Å². The van der Waals surface area contributed by atoms with Gasteiger partial charge in [-0.3, -0.25) is 0 Å². The third-order valence-corrected chi connectivity index (χ3v) is 6.35. The predicted octanol–water partition coefficient (Wildman–Crippen LogP) is 2.36. The third-order valence-electron chi connectivity index (χ3n) is 5.17. The van der Waals surface area contributed by atoms with Gasteiger partial charge in [-0.15, -0.1) is 0 Å². The molecule has 0 aromatic carbocycles. The Labute approximate surface area is 191 Å². The van der Waals surface area contributed by atoms with Gasteiger partial charge in [0.05, 0.1) is 11.4 Å². The SMILES string of the molecule is CCn1c(-c2nonc2C)nc2c(C#CC(C)(C)O)ncc(OC[C@@H]3CN(C)CCS3)c21. The maximum Gasteiger partial charge on any atom is 0.173 e. The molecule has 0 aliphatic carbocycles. The Bertz CT molecular complexity index is 1170. The number of hydrogen-bond acceptors (Lipinski definition) is 9. The Balaban J connectivity index is 1.80. The smallest absolute Gasteiger partial charge is 0.173 e. The summed E-state index contributed by atoms with van der Waals surface area (Å²) in [5, 5.41) is 18.4. The number of fused-ring (bicyclic) bond motifs is 1. The predicted molar refractivity (Wildman–Crippen MR) is 124 cm³/mol. The molecule has 1 N–H and O–H groups in total. The van der Waals surface area contributed by atoms with Gasteiger partial charge in [0.25, 0.3) is 0 Å². The van der Waals surface area contributed by atoms with Gasteiger partial charge < -0.3 is 19.3 Å². The molecule has 4 heterocycles. The van der Waals surface area contributed by atoms with Gasteiger partial charge in [0.2, 0.25) is 0 Å². The fourth-order valence-corrected chi connectivity index (χ4v) is 4.87. The molecular weight excluding hydrogens is 428 g/mol. The first kappa shape index (κ1) is 22.6. The zero-order valence-corrected chi connectivity index (χ0v) is 19.9. The van der Waals surface area contributed by atoms with Crippen molar-refractivity contribution < 1.29 is 14.5 Å². The molecule has 10 heteroatoms. The van der Waals surface area contributed by atoms with Gasteiger partial charge >= 0.3 is 0 Å². The number of imidazole rings is 1. The van der Waals surface area contributed by atoms with Crippen LogP contribution in [0.15, 0.2) is 10.8 Å². The lowest BCUT2D eigenvalue weighted by molar-refractivity contribution is 0.143. The summed E-state index contributed by atoms with van der Waals surface area (Å²) in [6, 6.07) is 0. The zero-order chi connectivity index (χ0) is 22.9. The Morgan fingerprint density at radius 1 is 1.38 bits per heavy atom. The monoisotopic (exact) mass is 456 g/mol. The first-order valence-electron chi connectivity index (χ1n) is 10.6. The molecule has 1 atom stereocenters. The number of rotatable bonds is 5. The minimum absolute atomic E-state index is 0.387. The summed E-state index contributed by atoms with van der Waals surface area (Å²) in [5.74, 6) is 8.18. The van der Waals surface area contributed by atoms with E-state index in [-0.39, 0.29) is 0 Å². The molecule has 3 aromatic heterocycles. The van der Waals surface area contributed by atoms with Crippen LogP contribution in [0.2, 0.25) is 0 Å². The van der Waals surface area contributed by atoms with Crippen molar-refractivity contribution in [1.82, 2.24) is 29.7 Å². The van der Waals surface area contributed by atoms with E-state index in [1.165, 1.54) is 0 Å². The van der Waals surface area contributed by atoms with Gasteiger partial charge in [-0.1, -0.05) is 11.1 Å². The molecule has 1 aliphatic heterocycles. The van der Waals surface area contributed by atoms with E-state index in [2.05, 4.69) is 39.1 Å². The highest BCUT2D eigenvalue weighted by molar-refractivity contribution is 8.00. The van der Waals surface area contributed by atoms with Crippen LogP contribution in [0.1, 0.15) is 32.2 Å². The Kier molecular flexibility index (Phi) is 6.42. The van der Waals surface area contributed by atoms with Crippen LogP contribution in [0.5, 0.6) is 5.75 Å². The largest absolute Gasteiger partial charge is 0.488 e. The molecule has 1 saturated heterocycles. The van der Waals surface area contributed by atoms with Crippen molar-refractivity contribution in [3.63, 3.8) is 0 Å². The van der Waals surface area contributed by atoms with Crippen molar-refractivity contribution in [2.75, 3.05) is 32.5 Å². The van der Waals surface area contributed by atoms with E-state index in [0.29, 0.717) is 52.6 Å². The molecule has 0 saturated carbocycles. The van der Waals surface area contributed by atoms with Crippen LogP contribution >= 0.6 is 11.8 Å². The van der Waals surface area contributed by atoms with Gasteiger partial charge in [-0.05, 0) is 45.8 Å². The van der Waals surface area contributed by atoms with Crippen molar-refractivity contribution in [2.45, 2.75) is 45.1 Å². The Morgan fingerprint density at radius 2 is 2.19 bits per heavy atom. The summed E-state index contributed by atoms with van der Waals surface area (Å²) in [7, 11) is 2.13. The molecule has 1 aliphatic rings. The van der Waals surface area contributed by atoms with Crippen molar-refractivity contribution in [3.05, 3.63) is 17.6 Å². The van der Waals surface area contributed by atoms with Gasteiger partial charge in [0, 0.05) is 25.4 Å². The molecule has 0 amide bonds. The number of hydrogen-bond donors (Lipinski definition) is 1. The normalized spacial score (nSPS) is 17.4. The van der Waals surface area contributed by atoms with Crippen LogP contribution in [0, 0.1) is 18.8 Å². The van der Waals surface area contributed by atoms with Gasteiger partial charge in [0.1, 0.15) is 34.6 Å². The summed E-state index contributed by atoms with van der Waals surface area (Å²) < 4.78 is 13.2. The number of pyridine rings is 1. The highest BCUT2D eigenvalue weighted by atomic mass is 32.2. The van der Waals surface area contributed by atoms with Gasteiger partial charge in [-0.2, -0.15) is 11.8 Å². The van der Waals surface area contributed by atoms with Crippen LogP contribution in [0.25, 0.3) is 22.6 Å². The summed E-state index contributed by atoms with van der Waals surface area (Å²) >= 11 is 1.93. The number of thioether (sulfide) groups is 1. The quantitative estimate of drug-likeness (QED) is 0.580. The highest BCUT2D eigenvalue weighted by Crippen LogP contribution is 2.33. The van der Waals surface area contributed by atoms with E-state index in [9.17, 15) is 5.11 Å². The molecule has 1 fully saturated rings. The van der Waals surface area contributed by atoms with E-state index in [1.54, 1.807) is 20.0 Å². The van der Waals surface area contributed by atoms with Crippen LogP contribution in [-0.2, 0) is 6.54 Å². The maximum absolute atomic E-state index is 10.1. The molecule has 0 unspecified atom stereocenters. The van der Waals surface area contributed by atoms with Crippen LogP contribution in [0.4, 0.5) is 0 Å². The second-order valence-electron chi connectivity index (χ2n) is 8.42. The number of aryl methyl sites for hydroxylation is 2. The van der Waals surface area contributed by atoms with Crippen molar-refractivity contribution in [1.29, 1.82) is 0 Å². The molecule has 4 rings (SSSR count). The number of aromatic nitrogens is 5. The first-order chi connectivity index (χ1) is 15.3. The van der Waals surface area contributed by atoms with E-state index in [0.717, 1.165) is 24.4 Å². The van der Waals surface area contributed by atoms with E-state index < -0.39 is 5.60 Å². The molecular formula is C22H28N6O3S. The maximum atomic E-state index is 10.1. The summed E-state index contributed by atoms with van der Waals surface area (Å²) in [6.07, 6.45) is 1.69. The third kappa shape index (κ3) is 4.75. The number of aliphatic hydroxyl groups is 1. The molecule has 3 aromatic rings. The van der Waals surface area contributed by atoms with E-state index in [4.69, 9.17) is 14.3 Å². The first-order valence-corrected chi connectivity index (χ1v) is 11.7. The second kappa shape index (κ2) is 9.10. The lowest BCUT2D eigenvalue weighted by atomic mass is 10.1. The van der Waals surface area contributed by atoms with Crippen molar-refractivity contribution in [3.8, 4) is 29.1 Å². The Morgan fingerprint density at radius 3 is 2.84 bits per heavy atom. The minimum Gasteiger partial charge on any atom is -0.488 e. The van der Waals surface area contributed by atoms with Crippen molar-refractivity contribution >= 4 is 22.8 Å². The molecule has 170 valence electrons. The molecule has 9 nitrogen and oxygen atoms in total. The molecule has 0 bridgehead atoms. The fraction of sp³-hybridized carbons (Fsp3) is 0.545. The minimum atomic E-state index is -1.14. The molecule has 0 spiro atoms. The Hall–Kier alpha value is -2.61. The van der Waals surface area contributed by atoms with Crippen LogP contribution < -0.4 is 4.74 Å². The number of nitrogens with zero attached hydrogens (tertiary/aromatic N) is 6. The summed E-state index contributed by atoms with van der Waals surface area (Å²) in [5.41, 5.74) is 1.96. The zero-order valence-electron chi connectivity index (χ0n) is 19.0. The molecule has 0 radical (unpaired) electrons. The summed E-state index contributed by atoms with van der Waals surface area (Å²) in [6.45, 7) is 10.4. The van der Waals surface area contributed by atoms with Crippen LogP contribution in [0.3, 0.4) is 0 Å². The van der Waals surface area contributed by atoms with Gasteiger partial charge in [-0.25, -0.2) is 14.6 Å². The lowest BCUT2D eigenvalue weighted by Crippen LogP contribution is -2.37. The van der Waals surface area contributed by atoms with Gasteiger partial charge in [0.15, 0.2) is 17.3 Å². The molecule has 32 heavy (non-hydrogen) atoms. The number of ether oxygens (including phenoxy) is 1. The lowest BCUT2D eigenvalue weighted by Gasteiger charge is -2.29. The standard InChI is InChI=1S/C22H28N6O3S/c1-6-28-20-17(30-13-15-12-27(5)9-10-32-15)11-23-16(7-8-22(3,4)29)19(20)24-21(28)18-14(2)25-31-26-18/h11,15,29H,6,9-10,12-13H2,1-5H3/t15-/m0/s1. The van der Waals surface area contributed by atoms with Crippen LogP contribution in [-0.4, -0.2) is 78.2 Å². The topological polar surface area (TPSA) is 102 Å². The highest BCUT2D eigenvalue weighted by Gasteiger charge is 2.24. The summed E-state index contributed by atoms with van der Waals surface area (Å²) in [4.78, 5) is 11.7. The second-order valence-corrected chi connectivity index (χ2v) is 9.83. The average molecular weight is 457 g/mol. The van der Waals surface area contributed by atoms with Crippen molar-refractivity contribution in [2.24, 2.45) is 0 Å². The van der Waals surface area contributed by atoms with E-state index >= 15 is 0 Å². The fourth-order valence-electron chi connectivity index (χ4n) is 3.60.